The molecule has 1 saturated heterocycles. The highest BCUT2D eigenvalue weighted by Gasteiger charge is 2.21. The fourth-order valence-electron chi connectivity index (χ4n) is 3.17. The molecule has 26 heavy (non-hydrogen) atoms. The fourth-order valence-corrected chi connectivity index (χ4v) is 3.17. The molecule has 1 aliphatic heterocycles. The van der Waals surface area contributed by atoms with E-state index in [4.69, 9.17) is 4.74 Å². The largest absolute Gasteiger partial charge is 0.376 e. The van der Waals surface area contributed by atoms with Crippen molar-refractivity contribution < 1.29 is 9.53 Å². The van der Waals surface area contributed by atoms with Crippen molar-refractivity contribution in [3.63, 3.8) is 0 Å². The molecule has 3 aromatic rings. The number of nitrogens with zero attached hydrogens (tertiary/aromatic N) is 2. The summed E-state index contributed by atoms with van der Waals surface area (Å²) in [4.78, 5) is 12.8. The Morgan fingerprint density at radius 1 is 1.12 bits per heavy atom. The summed E-state index contributed by atoms with van der Waals surface area (Å²) in [5.41, 5.74) is 3.09. The van der Waals surface area contributed by atoms with E-state index in [2.05, 4.69) is 10.4 Å². The standard InChI is InChI=1S/C21H21N3O2/c25-21(22-14-18-12-7-13-26-18)19-15-24(17-10-5-2-6-11-17)23-20(19)16-8-3-1-4-9-16/h1-6,8-11,15,18H,7,12-14H2,(H,22,25)/t18-/m1/s1. The molecule has 2 heterocycles. The average molecular weight is 347 g/mol. The van der Waals surface area contributed by atoms with E-state index in [0.29, 0.717) is 17.8 Å². The predicted molar refractivity (Wildman–Crippen MR) is 100 cm³/mol. The minimum atomic E-state index is -0.124. The molecule has 1 N–H and O–H groups in total. The third-order valence-electron chi connectivity index (χ3n) is 4.54. The smallest absolute Gasteiger partial charge is 0.255 e. The van der Waals surface area contributed by atoms with Crippen molar-refractivity contribution in [3.8, 4) is 16.9 Å². The van der Waals surface area contributed by atoms with Gasteiger partial charge in [-0.1, -0.05) is 48.5 Å². The van der Waals surface area contributed by atoms with E-state index in [1.165, 1.54) is 0 Å². The summed E-state index contributed by atoms with van der Waals surface area (Å²) in [5, 5.41) is 7.67. The highest BCUT2D eigenvalue weighted by atomic mass is 16.5. The van der Waals surface area contributed by atoms with Crippen molar-refractivity contribution in [1.29, 1.82) is 0 Å². The number of para-hydroxylation sites is 1. The first-order valence-electron chi connectivity index (χ1n) is 8.91. The fraction of sp³-hybridized carbons (Fsp3) is 0.238. The van der Waals surface area contributed by atoms with Crippen molar-refractivity contribution in [3.05, 3.63) is 72.4 Å². The number of rotatable bonds is 5. The molecule has 5 nitrogen and oxygen atoms in total. The van der Waals surface area contributed by atoms with Crippen molar-refractivity contribution in [2.75, 3.05) is 13.2 Å². The van der Waals surface area contributed by atoms with Crippen LogP contribution in [0.2, 0.25) is 0 Å². The zero-order valence-electron chi connectivity index (χ0n) is 14.5. The minimum absolute atomic E-state index is 0.114. The minimum Gasteiger partial charge on any atom is -0.376 e. The molecule has 0 saturated carbocycles. The van der Waals surface area contributed by atoms with E-state index in [1.807, 2.05) is 60.7 Å². The van der Waals surface area contributed by atoms with Crippen LogP contribution in [0.3, 0.4) is 0 Å². The summed E-state index contributed by atoms with van der Waals surface area (Å²) in [6.45, 7) is 1.31. The molecule has 1 amide bonds. The lowest BCUT2D eigenvalue weighted by atomic mass is 10.1. The second-order valence-electron chi connectivity index (χ2n) is 6.38. The van der Waals surface area contributed by atoms with Gasteiger partial charge < -0.3 is 10.1 Å². The Kier molecular flexibility index (Phi) is 4.80. The Hall–Kier alpha value is -2.92. The zero-order valence-corrected chi connectivity index (χ0v) is 14.5. The molecule has 0 spiro atoms. The second-order valence-corrected chi connectivity index (χ2v) is 6.38. The summed E-state index contributed by atoms with van der Waals surface area (Å²) in [7, 11) is 0. The maximum absolute atomic E-state index is 12.8. The Bertz CT molecular complexity index is 869. The summed E-state index contributed by atoms with van der Waals surface area (Å²) in [5.74, 6) is -0.124. The molecule has 0 unspecified atom stereocenters. The molecular weight excluding hydrogens is 326 g/mol. The Morgan fingerprint density at radius 2 is 1.85 bits per heavy atom. The first kappa shape index (κ1) is 16.5. The van der Waals surface area contributed by atoms with Gasteiger partial charge in [0.2, 0.25) is 0 Å². The maximum atomic E-state index is 12.8. The van der Waals surface area contributed by atoms with Crippen LogP contribution in [0.1, 0.15) is 23.2 Å². The first-order chi connectivity index (χ1) is 12.8. The van der Waals surface area contributed by atoms with Gasteiger partial charge in [-0.2, -0.15) is 5.10 Å². The van der Waals surface area contributed by atoms with Gasteiger partial charge in [0.15, 0.2) is 0 Å². The number of amides is 1. The van der Waals surface area contributed by atoms with Gasteiger partial charge in [-0.25, -0.2) is 4.68 Å². The van der Waals surface area contributed by atoms with Crippen molar-refractivity contribution in [1.82, 2.24) is 15.1 Å². The SMILES string of the molecule is O=C(NC[C@H]1CCCO1)c1cn(-c2ccccc2)nc1-c1ccccc1. The van der Waals surface area contributed by atoms with Crippen LogP contribution in [0.25, 0.3) is 16.9 Å². The third kappa shape index (κ3) is 3.53. The van der Waals surface area contributed by atoms with Gasteiger partial charge in [-0.15, -0.1) is 0 Å². The van der Waals surface area contributed by atoms with Crippen molar-refractivity contribution >= 4 is 5.91 Å². The van der Waals surface area contributed by atoms with Gasteiger partial charge in [0, 0.05) is 24.9 Å². The summed E-state index contributed by atoms with van der Waals surface area (Å²) < 4.78 is 7.35. The molecule has 2 aromatic carbocycles. The molecule has 1 aromatic heterocycles. The van der Waals surface area contributed by atoms with Crippen LogP contribution in [0, 0.1) is 0 Å². The van der Waals surface area contributed by atoms with E-state index < -0.39 is 0 Å². The maximum Gasteiger partial charge on any atom is 0.255 e. The number of carbonyl (C=O) groups excluding carboxylic acids is 1. The molecule has 0 radical (unpaired) electrons. The molecule has 1 fully saturated rings. The normalized spacial score (nSPS) is 16.5. The molecule has 0 bridgehead atoms. The topological polar surface area (TPSA) is 56.1 Å². The summed E-state index contributed by atoms with van der Waals surface area (Å²) in [6.07, 6.45) is 3.96. The van der Waals surface area contributed by atoms with Gasteiger partial charge in [0.1, 0.15) is 5.69 Å². The second kappa shape index (κ2) is 7.54. The Labute approximate surface area is 152 Å². The Morgan fingerprint density at radius 3 is 2.54 bits per heavy atom. The molecule has 5 heteroatoms. The molecule has 1 atom stereocenters. The lowest BCUT2D eigenvalue weighted by molar-refractivity contribution is 0.0858. The van der Waals surface area contributed by atoms with Gasteiger partial charge in [-0.05, 0) is 25.0 Å². The summed E-state index contributed by atoms with van der Waals surface area (Å²) >= 11 is 0. The van der Waals surface area contributed by atoms with Gasteiger partial charge in [-0.3, -0.25) is 4.79 Å². The average Bonchev–Trinajstić information content (AvgIpc) is 3.37. The van der Waals surface area contributed by atoms with Crippen LogP contribution >= 0.6 is 0 Å². The van der Waals surface area contributed by atoms with Crippen molar-refractivity contribution in [2.45, 2.75) is 18.9 Å². The highest BCUT2D eigenvalue weighted by molar-refractivity contribution is 5.99. The number of aromatic nitrogens is 2. The predicted octanol–water partition coefficient (Wildman–Crippen LogP) is 3.45. The van der Waals surface area contributed by atoms with Crippen LogP contribution in [-0.2, 0) is 4.74 Å². The van der Waals surface area contributed by atoms with E-state index in [-0.39, 0.29) is 12.0 Å². The van der Waals surface area contributed by atoms with E-state index in [0.717, 1.165) is 30.7 Å². The molecule has 4 rings (SSSR count). The highest BCUT2D eigenvalue weighted by Crippen LogP contribution is 2.23. The molecule has 132 valence electrons. The lowest BCUT2D eigenvalue weighted by Crippen LogP contribution is -2.31. The van der Waals surface area contributed by atoms with Crippen LogP contribution in [-0.4, -0.2) is 34.9 Å². The Balaban J connectivity index is 1.65. The number of hydrogen-bond donors (Lipinski definition) is 1. The molecule has 0 aliphatic carbocycles. The van der Waals surface area contributed by atoms with Crippen LogP contribution in [0.15, 0.2) is 66.9 Å². The third-order valence-corrected chi connectivity index (χ3v) is 4.54. The number of benzene rings is 2. The molecule has 1 aliphatic rings. The van der Waals surface area contributed by atoms with Gasteiger partial charge >= 0.3 is 0 Å². The lowest BCUT2D eigenvalue weighted by Gasteiger charge is -2.10. The number of carbonyl (C=O) groups is 1. The number of nitrogens with one attached hydrogen (secondary N) is 1. The van der Waals surface area contributed by atoms with Crippen LogP contribution in [0.5, 0.6) is 0 Å². The van der Waals surface area contributed by atoms with Crippen LogP contribution in [0.4, 0.5) is 0 Å². The summed E-state index contributed by atoms with van der Waals surface area (Å²) in [6, 6.07) is 19.6. The van der Waals surface area contributed by atoms with E-state index in [9.17, 15) is 4.79 Å². The molecular formula is C21H21N3O2. The van der Waals surface area contributed by atoms with Crippen molar-refractivity contribution in [2.24, 2.45) is 0 Å². The number of hydrogen-bond acceptors (Lipinski definition) is 3. The quantitative estimate of drug-likeness (QED) is 0.769. The van der Waals surface area contributed by atoms with Gasteiger partial charge in [0.25, 0.3) is 5.91 Å². The first-order valence-corrected chi connectivity index (χ1v) is 8.91. The monoisotopic (exact) mass is 347 g/mol. The van der Waals surface area contributed by atoms with Gasteiger partial charge in [0.05, 0.1) is 17.4 Å². The van der Waals surface area contributed by atoms with Crippen LogP contribution < -0.4 is 5.32 Å². The number of ether oxygens (including phenoxy) is 1. The van der Waals surface area contributed by atoms with E-state index >= 15 is 0 Å². The van der Waals surface area contributed by atoms with E-state index in [1.54, 1.807) is 10.9 Å². The zero-order chi connectivity index (χ0) is 17.8.